The molecule has 0 amide bonds. The third-order valence-corrected chi connectivity index (χ3v) is 4.43. The molecule has 1 aromatic rings. The summed E-state index contributed by atoms with van der Waals surface area (Å²) in [5.41, 5.74) is 8.17. The minimum absolute atomic E-state index is 0. The zero-order valence-electron chi connectivity index (χ0n) is 15.3. The zero-order chi connectivity index (χ0) is 16.7. The molecule has 0 radical (unpaired) electrons. The summed E-state index contributed by atoms with van der Waals surface area (Å²) in [7, 11) is 0. The number of hydrogen-bond donors (Lipinski definition) is 2. The molecular formula is C19H33IN4. The second kappa shape index (κ2) is 10.9. The van der Waals surface area contributed by atoms with E-state index in [1.807, 2.05) is 12.1 Å². The molecule has 0 aromatic heterocycles. The van der Waals surface area contributed by atoms with E-state index >= 15 is 0 Å². The number of hydrogen-bond acceptors (Lipinski definition) is 2. The van der Waals surface area contributed by atoms with Gasteiger partial charge in [0.2, 0.25) is 0 Å². The smallest absolute Gasteiger partial charge is 0.193 e. The second-order valence-corrected chi connectivity index (χ2v) is 7.17. The van der Waals surface area contributed by atoms with E-state index in [-0.39, 0.29) is 24.0 Å². The van der Waals surface area contributed by atoms with Crippen LogP contribution < -0.4 is 11.1 Å². The second-order valence-electron chi connectivity index (χ2n) is 7.17. The third-order valence-electron chi connectivity index (χ3n) is 4.43. The Labute approximate surface area is 164 Å². The lowest BCUT2D eigenvalue weighted by Gasteiger charge is -2.34. The Hall–Kier alpha value is -0.820. The summed E-state index contributed by atoms with van der Waals surface area (Å²) in [6, 6.07) is 8.18. The Bertz CT molecular complexity index is 491. The SMILES string of the molecule is Cc1ccc(NC(N)=NCCCCN2CC(C)CC(C)C2)cc1.I. The highest BCUT2D eigenvalue weighted by molar-refractivity contribution is 14.0. The van der Waals surface area contributed by atoms with Gasteiger partial charge in [-0.3, -0.25) is 4.99 Å². The number of unbranched alkanes of at least 4 members (excludes halogenated alkanes) is 1. The van der Waals surface area contributed by atoms with Crippen LogP contribution in [0.15, 0.2) is 29.3 Å². The number of halogens is 1. The number of rotatable bonds is 6. The van der Waals surface area contributed by atoms with Crippen molar-refractivity contribution in [3.8, 4) is 0 Å². The van der Waals surface area contributed by atoms with Crippen molar-refractivity contribution in [1.82, 2.24) is 4.90 Å². The monoisotopic (exact) mass is 444 g/mol. The summed E-state index contributed by atoms with van der Waals surface area (Å²) in [5.74, 6) is 2.19. The summed E-state index contributed by atoms with van der Waals surface area (Å²) in [6.45, 7) is 11.3. The Morgan fingerprint density at radius 2 is 1.79 bits per heavy atom. The number of likely N-dealkylation sites (tertiary alicyclic amines) is 1. The number of benzene rings is 1. The Balaban J connectivity index is 0.00000288. The van der Waals surface area contributed by atoms with Crippen molar-refractivity contribution in [3.63, 3.8) is 0 Å². The largest absolute Gasteiger partial charge is 0.370 e. The lowest BCUT2D eigenvalue weighted by molar-refractivity contribution is 0.139. The van der Waals surface area contributed by atoms with Crippen LogP contribution in [-0.4, -0.2) is 37.0 Å². The molecule has 1 fully saturated rings. The predicted molar refractivity (Wildman–Crippen MR) is 115 cm³/mol. The topological polar surface area (TPSA) is 53.6 Å². The lowest BCUT2D eigenvalue weighted by atomic mass is 9.92. The standard InChI is InChI=1S/C19H32N4.HI/c1-15-6-8-18(9-7-15)22-19(20)21-10-4-5-11-23-13-16(2)12-17(3)14-23;/h6-9,16-17H,4-5,10-14H2,1-3H3,(H3,20,21,22);1H. The van der Waals surface area contributed by atoms with E-state index in [1.165, 1.54) is 38.0 Å². The molecule has 24 heavy (non-hydrogen) atoms. The lowest BCUT2D eigenvalue weighted by Crippen LogP contribution is -2.39. The first-order valence-corrected chi connectivity index (χ1v) is 8.89. The molecule has 136 valence electrons. The molecule has 0 bridgehead atoms. The molecule has 2 unspecified atom stereocenters. The average Bonchev–Trinajstić information content (AvgIpc) is 2.48. The maximum atomic E-state index is 5.93. The van der Waals surface area contributed by atoms with Crippen molar-refractivity contribution < 1.29 is 0 Å². The highest BCUT2D eigenvalue weighted by Gasteiger charge is 2.20. The van der Waals surface area contributed by atoms with Gasteiger partial charge in [0.1, 0.15) is 0 Å². The minimum atomic E-state index is 0. The molecule has 0 aliphatic carbocycles. The summed E-state index contributed by atoms with van der Waals surface area (Å²) in [6.07, 6.45) is 3.66. The van der Waals surface area contributed by atoms with Gasteiger partial charge >= 0.3 is 0 Å². The predicted octanol–water partition coefficient (Wildman–Crippen LogP) is 4.10. The number of nitrogens with zero attached hydrogens (tertiary/aromatic N) is 2. The van der Waals surface area contributed by atoms with Crippen LogP contribution in [0.4, 0.5) is 5.69 Å². The highest BCUT2D eigenvalue weighted by Crippen LogP contribution is 2.21. The van der Waals surface area contributed by atoms with E-state index in [1.54, 1.807) is 0 Å². The fourth-order valence-corrected chi connectivity index (χ4v) is 3.45. The van der Waals surface area contributed by atoms with Crippen molar-refractivity contribution in [2.24, 2.45) is 22.6 Å². The van der Waals surface area contributed by atoms with Crippen molar-refractivity contribution in [3.05, 3.63) is 29.8 Å². The van der Waals surface area contributed by atoms with E-state index in [4.69, 9.17) is 5.73 Å². The van der Waals surface area contributed by atoms with Crippen molar-refractivity contribution in [1.29, 1.82) is 0 Å². The number of aryl methyl sites for hydroxylation is 1. The van der Waals surface area contributed by atoms with Crippen LogP contribution in [0.25, 0.3) is 0 Å². The summed E-state index contributed by atoms with van der Waals surface area (Å²) in [5, 5.41) is 3.14. The molecule has 1 saturated heterocycles. The van der Waals surface area contributed by atoms with E-state index in [2.05, 4.69) is 48.1 Å². The molecule has 5 heteroatoms. The maximum absolute atomic E-state index is 5.93. The van der Waals surface area contributed by atoms with Gasteiger partial charge in [0.05, 0.1) is 0 Å². The molecule has 0 spiro atoms. The number of nitrogens with two attached hydrogens (primary N) is 1. The quantitative estimate of drug-likeness (QED) is 0.301. The van der Waals surface area contributed by atoms with E-state index in [0.29, 0.717) is 5.96 Å². The van der Waals surface area contributed by atoms with Crippen LogP contribution in [-0.2, 0) is 0 Å². The zero-order valence-corrected chi connectivity index (χ0v) is 17.6. The Kier molecular flexibility index (Phi) is 9.66. The Morgan fingerprint density at radius 3 is 2.42 bits per heavy atom. The number of anilines is 1. The third kappa shape index (κ3) is 7.83. The van der Waals surface area contributed by atoms with Gasteiger partial charge in [0, 0.05) is 25.3 Å². The van der Waals surface area contributed by atoms with Crippen LogP contribution in [0.1, 0.15) is 38.7 Å². The molecule has 4 nitrogen and oxygen atoms in total. The molecule has 2 atom stereocenters. The van der Waals surface area contributed by atoms with E-state index in [9.17, 15) is 0 Å². The fraction of sp³-hybridized carbons (Fsp3) is 0.632. The van der Waals surface area contributed by atoms with Gasteiger partial charge in [-0.05, 0) is 56.7 Å². The van der Waals surface area contributed by atoms with Gasteiger partial charge in [-0.2, -0.15) is 0 Å². The first-order chi connectivity index (χ1) is 11.0. The molecule has 1 aliphatic rings. The molecule has 3 N–H and O–H groups in total. The molecule has 2 rings (SSSR count). The van der Waals surface area contributed by atoms with Crippen molar-refractivity contribution >= 4 is 35.6 Å². The van der Waals surface area contributed by atoms with Gasteiger partial charge in [0.15, 0.2) is 5.96 Å². The maximum Gasteiger partial charge on any atom is 0.193 e. The molecular weight excluding hydrogens is 411 g/mol. The molecule has 1 aliphatic heterocycles. The number of piperidine rings is 1. The van der Waals surface area contributed by atoms with Crippen LogP contribution in [0.2, 0.25) is 0 Å². The summed E-state index contributed by atoms with van der Waals surface area (Å²) >= 11 is 0. The average molecular weight is 444 g/mol. The van der Waals surface area contributed by atoms with Crippen LogP contribution >= 0.6 is 24.0 Å². The number of aliphatic imine (C=N–C) groups is 1. The van der Waals surface area contributed by atoms with Gasteiger partial charge in [-0.15, -0.1) is 24.0 Å². The number of nitrogens with one attached hydrogen (secondary N) is 1. The van der Waals surface area contributed by atoms with Gasteiger partial charge < -0.3 is 16.0 Å². The highest BCUT2D eigenvalue weighted by atomic mass is 127. The van der Waals surface area contributed by atoms with E-state index in [0.717, 1.165) is 30.5 Å². The van der Waals surface area contributed by atoms with Crippen molar-refractivity contribution in [2.45, 2.75) is 40.0 Å². The van der Waals surface area contributed by atoms with Gasteiger partial charge in [0.25, 0.3) is 0 Å². The number of guanidine groups is 1. The first-order valence-electron chi connectivity index (χ1n) is 8.89. The van der Waals surface area contributed by atoms with Gasteiger partial charge in [-0.1, -0.05) is 31.5 Å². The molecule has 1 aromatic carbocycles. The summed E-state index contributed by atoms with van der Waals surface area (Å²) in [4.78, 5) is 7.03. The minimum Gasteiger partial charge on any atom is -0.370 e. The fourth-order valence-electron chi connectivity index (χ4n) is 3.45. The van der Waals surface area contributed by atoms with Gasteiger partial charge in [-0.25, -0.2) is 0 Å². The van der Waals surface area contributed by atoms with Crippen LogP contribution in [0.3, 0.4) is 0 Å². The molecule has 1 heterocycles. The van der Waals surface area contributed by atoms with Crippen LogP contribution in [0.5, 0.6) is 0 Å². The summed E-state index contributed by atoms with van der Waals surface area (Å²) < 4.78 is 0. The Morgan fingerprint density at radius 1 is 1.17 bits per heavy atom. The van der Waals surface area contributed by atoms with E-state index < -0.39 is 0 Å². The van der Waals surface area contributed by atoms with Crippen LogP contribution in [0, 0.1) is 18.8 Å². The first kappa shape index (κ1) is 21.2. The normalized spacial score (nSPS) is 22.0. The molecule has 0 saturated carbocycles. The van der Waals surface area contributed by atoms with Crippen molar-refractivity contribution in [2.75, 3.05) is 31.5 Å².